The van der Waals surface area contributed by atoms with E-state index < -0.39 is 18.2 Å². The second-order valence-electron chi connectivity index (χ2n) is 5.38. The Bertz CT molecular complexity index is 569. The Morgan fingerprint density at radius 1 is 1.35 bits per heavy atom. The fraction of sp³-hybridized carbons (Fsp3) is 0.412. The molecule has 0 saturated carbocycles. The molecule has 0 spiro atoms. The number of nitrogens with zero attached hydrogens (tertiary/aromatic N) is 1. The van der Waals surface area contributed by atoms with Crippen molar-refractivity contribution in [2.75, 3.05) is 13.7 Å². The first-order valence-corrected chi connectivity index (χ1v) is 7.46. The van der Waals surface area contributed by atoms with Gasteiger partial charge in [-0.1, -0.05) is 18.2 Å². The summed E-state index contributed by atoms with van der Waals surface area (Å²) in [5.41, 5.74) is 0.953. The minimum Gasteiger partial charge on any atom is -0.497 e. The van der Waals surface area contributed by atoms with E-state index in [1.807, 2.05) is 24.3 Å². The number of hydrogen-bond donors (Lipinski definition) is 1. The Morgan fingerprint density at radius 3 is 2.52 bits per heavy atom. The fourth-order valence-electron chi connectivity index (χ4n) is 2.54. The number of carbonyl (C=O) groups is 2. The maximum atomic E-state index is 12.6. The maximum Gasteiger partial charge on any atom is 0.332 e. The van der Waals surface area contributed by atoms with E-state index in [0.29, 0.717) is 25.9 Å². The predicted molar refractivity (Wildman–Crippen MR) is 84.1 cm³/mol. The van der Waals surface area contributed by atoms with Crippen molar-refractivity contribution in [1.82, 2.24) is 4.90 Å². The van der Waals surface area contributed by atoms with Gasteiger partial charge in [0.15, 0.2) is 6.10 Å². The van der Waals surface area contributed by atoms with Gasteiger partial charge in [-0.25, -0.2) is 4.79 Å². The molecule has 2 rings (SSSR count). The first-order valence-electron chi connectivity index (χ1n) is 7.46. The summed E-state index contributed by atoms with van der Waals surface area (Å²) in [7, 11) is 1.60. The second kappa shape index (κ2) is 7.78. The quantitative estimate of drug-likeness (QED) is 0.776. The molecule has 1 aromatic rings. The molecule has 6 nitrogen and oxygen atoms in total. The SMILES string of the molecule is C=CCN(Cc1ccc(OC)cc1)C(=O)[C@@H]1CC[C@H](C(=O)O)O1. The van der Waals surface area contributed by atoms with Crippen LogP contribution in [0.1, 0.15) is 18.4 Å². The van der Waals surface area contributed by atoms with Crippen LogP contribution in [-0.4, -0.2) is 47.7 Å². The Hall–Kier alpha value is -2.34. The lowest BCUT2D eigenvalue weighted by molar-refractivity contribution is -0.154. The van der Waals surface area contributed by atoms with Crippen molar-refractivity contribution >= 4 is 11.9 Å². The molecular formula is C17H21NO5. The number of amides is 1. The number of carboxylic acids is 1. The summed E-state index contributed by atoms with van der Waals surface area (Å²) in [4.78, 5) is 25.1. The van der Waals surface area contributed by atoms with Gasteiger partial charge in [0.2, 0.25) is 0 Å². The van der Waals surface area contributed by atoms with E-state index >= 15 is 0 Å². The van der Waals surface area contributed by atoms with Crippen LogP contribution in [0.3, 0.4) is 0 Å². The lowest BCUT2D eigenvalue weighted by atomic mass is 10.1. The number of ether oxygens (including phenoxy) is 2. The number of rotatable bonds is 7. The van der Waals surface area contributed by atoms with Crippen LogP contribution in [0.5, 0.6) is 5.75 Å². The van der Waals surface area contributed by atoms with Crippen molar-refractivity contribution in [2.45, 2.75) is 31.6 Å². The van der Waals surface area contributed by atoms with Gasteiger partial charge in [-0.15, -0.1) is 6.58 Å². The van der Waals surface area contributed by atoms with Gasteiger partial charge >= 0.3 is 5.97 Å². The normalized spacial score (nSPS) is 20.0. The molecule has 23 heavy (non-hydrogen) atoms. The molecule has 124 valence electrons. The molecule has 6 heteroatoms. The van der Waals surface area contributed by atoms with Gasteiger partial charge in [-0.3, -0.25) is 4.79 Å². The smallest absolute Gasteiger partial charge is 0.332 e. The summed E-state index contributed by atoms with van der Waals surface area (Å²) in [5.74, 6) is -0.478. The van der Waals surface area contributed by atoms with Crippen molar-refractivity contribution in [3.05, 3.63) is 42.5 Å². The van der Waals surface area contributed by atoms with E-state index in [-0.39, 0.29) is 5.91 Å². The van der Waals surface area contributed by atoms with E-state index in [2.05, 4.69) is 6.58 Å². The Balaban J connectivity index is 2.03. The first-order chi connectivity index (χ1) is 11.0. The topological polar surface area (TPSA) is 76.1 Å². The van der Waals surface area contributed by atoms with Gasteiger partial charge in [-0.2, -0.15) is 0 Å². The van der Waals surface area contributed by atoms with Gasteiger partial charge in [0.05, 0.1) is 7.11 Å². The van der Waals surface area contributed by atoms with Gasteiger partial charge in [0, 0.05) is 13.1 Å². The molecule has 1 fully saturated rings. The minimum absolute atomic E-state index is 0.204. The molecule has 0 aliphatic carbocycles. The number of carbonyl (C=O) groups excluding carboxylic acids is 1. The number of methoxy groups -OCH3 is 1. The van der Waals surface area contributed by atoms with E-state index in [1.165, 1.54) is 0 Å². The molecule has 1 aromatic carbocycles. The summed E-state index contributed by atoms with van der Waals surface area (Å²) in [5, 5.41) is 8.96. The van der Waals surface area contributed by atoms with Crippen molar-refractivity contribution in [3.8, 4) is 5.75 Å². The molecule has 1 saturated heterocycles. The monoisotopic (exact) mass is 319 g/mol. The summed E-state index contributed by atoms with van der Waals surface area (Å²) in [6.07, 6.45) is 0.831. The third kappa shape index (κ3) is 4.32. The van der Waals surface area contributed by atoms with E-state index in [9.17, 15) is 9.59 Å². The van der Waals surface area contributed by atoms with Crippen LogP contribution in [-0.2, 0) is 20.9 Å². The highest BCUT2D eigenvalue weighted by atomic mass is 16.5. The molecule has 0 unspecified atom stereocenters. The van der Waals surface area contributed by atoms with Gasteiger partial charge < -0.3 is 19.5 Å². The zero-order valence-electron chi connectivity index (χ0n) is 13.1. The van der Waals surface area contributed by atoms with Crippen LogP contribution in [0.25, 0.3) is 0 Å². The van der Waals surface area contributed by atoms with Crippen LogP contribution in [0.2, 0.25) is 0 Å². The minimum atomic E-state index is -1.02. The molecular weight excluding hydrogens is 298 g/mol. The Labute approximate surface area is 135 Å². The van der Waals surface area contributed by atoms with E-state index in [0.717, 1.165) is 11.3 Å². The van der Waals surface area contributed by atoms with Crippen molar-refractivity contribution in [1.29, 1.82) is 0 Å². The number of hydrogen-bond acceptors (Lipinski definition) is 4. The zero-order valence-corrected chi connectivity index (χ0v) is 13.1. The molecule has 1 N–H and O–H groups in total. The molecule has 0 bridgehead atoms. The molecule has 0 aromatic heterocycles. The standard InChI is InChI=1S/C17H21NO5/c1-3-10-18(11-12-4-6-13(22-2)7-5-12)16(19)14-8-9-15(23-14)17(20)21/h3-7,14-15H,1,8-11H2,2H3,(H,20,21)/t14-,15+/m0/s1. The van der Waals surface area contributed by atoms with E-state index in [1.54, 1.807) is 18.1 Å². The second-order valence-corrected chi connectivity index (χ2v) is 5.38. The van der Waals surface area contributed by atoms with Crippen LogP contribution < -0.4 is 4.74 Å². The fourth-order valence-corrected chi connectivity index (χ4v) is 2.54. The first kappa shape index (κ1) is 17.0. The molecule has 1 heterocycles. The lowest BCUT2D eigenvalue weighted by Crippen LogP contribution is -2.39. The number of benzene rings is 1. The Kier molecular flexibility index (Phi) is 5.76. The third-order valence-corrected chi connectivity index (χ3v) is 3.76. The molecule has 0 radical (unpaired) electrons. The van der Waals surface area contributed by atoms with Gasteiger partial charge in [0.1, 0.15) is 11.9 Å². The van der Waals surface area contributed by atoms with Crippen LogP contribution >= 0.6 is 0 Å². The van der Waals surface area contributed by atoms with Gasteiger partial charge in [0.25, 0.3) is 5.91 Å². The maximum absolute atomic E-state index is 12.6. The van der Waals surface area contributed by atoms with Crippen LogP contribution in [0.4, 0.5) is 0 Å². The third-order valence-electron chi connectivity index (χ3n) is 3.76. The lowest BCUT2D eigenvalue weighted by Gasteiger charge is -2.24. The molecule has 2 atom stereocenters. The highest BCUT2D eigenvalue weighted by Gasteiger charge is 2.36. The van der Waals surface area contributed by atoms with Crippen molar-refractivity contribution in [2.24, 2.45) is 0 Å². The zero-order chi connectivity index (χ0) is 16.8. The highest BCUT2D eigenvalue weighted by Crippen LogP contribution is 2.22. The molecule has 1 aliphatic rings. The predicted octanol–water partition coefficient (Wildman–Crippen LogP) is 1.84. The molecule has 1 amide bonds. The van der Waals surface area contributed by atoms with Gasteiger partial charge in [-0.05, 0) is 30.5 Å². The average Bonchev–Trinajstić information content (AvgIpc) is 3.05. The average molecular weight is 319 g/mol. The van der Waals surface area contributed by atoms with E-state index in [4.69, 9.17) is 14.6 Å². The van der Waals surface area contributed by atoms with Crippen LogP contribution in [0.15, 0.2) is 36.9 Å². The number of aliphatic carboxylic acids is 1. The summed E-state index contributed by atoms with van der Waals surface area (Å²) < 4.78 is 10.5. The van der Waals surface area contributed by atoms with Crippen LogP contribution in [0, 0.1) is 0 Å². The number of carboxylic acid groups (broad SMARTS) is 1. The van der Waals surface area contributed by atoms with Crippen molar-refractivity contribution in [3.63, 3.8) is 0 Å². The summed E-state index contributed by atoms with van der Waals surface area (Å²) >= 11 is 0. The Morgan fingerprint density at radius 2 is 2.00 bits per heavy atom. The highest BCUT2D eigenvalue weighted by molar-refractivity contribution is 5.82. The summed E-state index contributed by atoms with van der Waals surface area (Å²) in [6, 6.07) is 7.44. The largest absolute Gasteiger partial charge is 0.497 e. The van der Waals surface area contributed by atoms with Crippen molar-refractivity contribution < 1.29 is 24.2 Å². The molecule has 1 aliphatic heterocycles. The summed E-state index contributed by atoms with van der Waals surface area (Å²) in [6.45, 7) is 4.46.